The Balaban J connectivity index is 1.47. The van der Waals surface area contributed by atoms with E-state index in [0.717, 1.165) is 53.1 Å². The molecule has 1 fully saturated rings. The molecule has 0 saturated carbocycles. The predicted molar refractivity (Wildman–Crippen MR) is 119 cm³/mol. The predicted octanol–water partition coefficient (Wildman–Crippen LogP) is 3.48. The lowest BCUT2D eigenvalue weighted by Gasteiger charge is -2.23. The topological polar surface area (TPSA) is 112 Å². The fourth-order valence-electron chi connectivity index (χ4n) is 3.87. The Kier molecular flexibility index (Phi) is 6.96. The van der Waals surface area contributed by atoms with E-state index < -0.39 is 39.7 Å². The number of hydrogen-bond acceptors (Lipinski definition) is 6. The number of halogens is 4. The van der Waals surface area contributed by atoms with Crippen molar-refractivity contribution in [3.63, 3.8) is 0 Å². The van der Waals surface area contributed by atoms with Crippen LogP contribution in [0.5, 0.6) is 5.75 Å². The van der Waals surface area contributed by atoms with Crippen molar-refractivity contribution in [3.8, 4) is 16.9 Å². The molecule has 190 valence electrons. The fraction of sp³-hybridized carbons (Fsp3) is 0.261. The molecule has 1 amide bonds. The van der Waals surface area contributed by atoms with E-state index in [4.69, 9.17) is 0 Å². The first kappa shape index (κ1) is 25.5. The number of aromatic hydroxyl groups is 1. The highest BCUT2D eigenvalue weighted by Gasteiger charge is 2.39. The van der Waals surface area contributed by atoms with Crippen LogP contribution in [0.25, 0.3) is 11.1 Å². The van der Waals surface area contributed by atoms with Crippen LogP contribution in [0.4, 0.5) is 17.6 Å². The molecular weight excluding hydrogens is 504 g/mol. The average Bonchev–Trinajstić information content (AvgIpc) is 3.34. The summed E-state index contributed by atoms with van der Waals surface area (Å²) in [5.41, 5.74) is -0.425. The maximum Gasteiger partial charge on any atom is 0.433 e. The second kappa shape index (κ2) is 9.82. The van der Waals surface area contributed by atoms with Crippen molar-refractivity contribution in [3.05, 3.63) is 72.1 Å². The van der Waals surface area contributed by atoms with Gasteiger partial charge in [0.05, 0.1) is 23.3 Å². The molecule has 36 heavy (non-hydrogen) atoms. The minimum atomic E-state index is -4.60. The van der Waals surface area contributed by atoms with Crippen LogP contribution in [0.2, 0.25) is 0 Å². The molecule has 1 aliphatic rings. The highest BCUT2D eigenvalue weighted by atomic mass is 32.2. The van der Waals surface area contributed by atoms with Crippen LogP contribution < -0.4 is 5.32 Å². The van der Waals surface area contributed by atoms with Gasteiger partial charge >= 0.3 is 6.18 Å². The quantitative estimate of drug-likeness (QED) is 0.478. The Hall–Kier alpha value is -3.58. The number of pyridine rings is 2. The number of rotatable bonds is 6. The van der Waals surface area contributed by atoms with Gasteiger partial charge in [0.25, 0.3) is 0 Å². The largest absolute Gasteiger partial charge is 0.506 e. The molecule has 4 rings (SSSR count). The lowest BCUT2D eigenvalue weighted by atomic mass is 10.1. The number of nitrogens with one attached hydrogen (secondary N) is 1. The number of nitrogens with zero attached hydrogens (tertiary/aromatic N) is 3. The highest BCUT2D eigenvalue weighted by Crippen LogP contribution is 2.32. The lowest BCUT2D eigenvalue weighted by molar-refractivity contribution is -0.141. The SMILES string of the molecule is O=C(NCc1cc(-c2ccc(C(F)(F)F)nc2)c(O)cn1)[C@@H]1CCCN1S(=O)(=O)c1ccc(F)cc1. The fourth-order valence-corrected chi connectivity index (χ4v) is 5.52. The number of aromatic nitrogens is 2. The molecule has 0 radical (unpaired) electrons. The van der Waals surface area contributed by atoms with Crippen molar-refractivity contribution in [2.45, 2.75) is 36.5 Å². The van der Waals surface area contributed by atoms with E-state index in [2.05, 4.69) is 15.3 Å². The molecule has 1 saturated heterocycles. The molecule has 0 spiro atoms. The zero-order chi connectivity index (χ0) is 26.1. The first-order valence-corrected chi connectivity index (χ1v) is 12.2. The average molecular weight is 524 g/mol. The summed E-state index contributed by atoms with van der Waals surface area (Å²) in [7, 11) is -4.02. The van der Waals surface area contributed by atoms with E-state index in [1.807, 2.05) is 0 Å². The summed E-state index contributed by atoms with van der Waals surface area (Å²) in [6.45, 7) is 0.00143. The maximum atomic E-state index is 13.2. The Labute approximate surface area is 203 Å². The van der Waals surface area contributed by atoms with Gasteiger partial charge in [0.1, 0.15) is 23.3 Å². The minimum absolute atomic E-state index is 0.124. The van der Waals surface area contributed by atoms with Gasteiger partial charge in [-0.3, -0.25) is 14.8 Å². The van der Waals surface area contributed by atoms with Gasteiger partial charge in [0, 0.05) is 23.9 Å². The molecule has 0 aliphatic carbocycles. The summed E-state index contributed by atoms with van der Waals surface area (Å²) in [6, 6.07) is 6.68. The number of amides is 1. The lowest BCUT2D eigenvalue weighted by Crippen LogP contribution is -2.45. The summed E-state index contributed by atoms with van der Waals surface area (Å²) in [5, 5.41) is 12.7. The summed E-state index contributed by atoms with van der Waals surface area (Å²) in [4.78, 5) is 20.1. The Morgan fingerprint density at radius 2 is 1.83 bits per heavy atom. The molecule has 1 aliphatic heterocycles. The van der Waals surface area contributed by atoms with Crippen LogP contribution in [-0.2, 0) is 27.5 Å². The van der Waals surface area contributed by atoms with E-state index >= 15 is 0 Å². The third-order valence-electron chi connectivity index (χ3n) is 5.67. The smallest absolute Gasteiger partial charge is 0.433 e. The minimum Gasteiger partial charge on any atom is -0.506 e. The first-order valence-electron chi connectivity index (χ1n) is 10.7. The second-order valence-corrected chi connectivity index (χ2v) is 9.96. The van der Waals surface area contributed by atoms with Gasteiger partial charge in [0.2, 0.25) is 15.9 Å². The van der Waals surface area contributed by atoms with Crippen molar-refractivity contribution in [1.82, 2.24) is 19.6 Å². The van der Waals surface area contributed by atoms with Gasteiger partial charge in [-0.2, -0.15) is 17.5 Å². The Morgan fingerprint density at radius 3 is 2.47 bits per heavy atom. The van der Waals surface area contributed by atoms with Crippen molar-refractivity contribution < 1.29 is 35.9 Å². The summed E-state index contributed by atoms with van der Waals surface area (Å²) >= 11 is 0. The van der Waals surface area contributed by atoms with Crippen molar-refractivity contribution in [1.29, 1.82) is 0 Å². The van der Waals surface area contributed by atoms with E-state index in [1.165, 1.54) is 6.07 Å². The van der Waals surface area contributed by atoms with E-state index in [0.29, 0.717) is 6.42 Å². The van der Waals surface area contributed by atoms with Crippen molar-refractivity contribution in [2.24, 2.45) is 0 Å². The molecular formula is C23H20F4N4O4S. The van der Waals surface area contributed by atoms with Crippen LogP contribution in [0.3, 0.4) is 0 Å². The number of carbonyl (C=O) groups excluding carboxylic acids is 1. The van der Waals surface area contributed by atoms with Crippen molar-refractivity contribution >= 4 is 15.9 Å². The van der Waals surface area contributed by atoms with Crippen LogP contribution in [-0.4, -0.2) is 46.3 Å². The number of alkyl halides is 3. The molecule has 0 unspecified atom stereocenters. The highest BCUT2D eigenvalue weighted by molar-refractivity contribution is 7.89. The van der Waals surface area contributed by atoms with Crippen LogP contribution >= 0.6 is 0 Å². The molecule has 3 heterocycles. The van der Waals surface area contributed by atoms with Gasteiger partial charge in [0.15, 0.2) is 0 Å². The molecule has 2 aromatic heterocycles. The third kappa shape index (κ3) is 5.31. The Morgan fingerprint density at radius 1 is 1.11 bits per heavy atom. The van der Waals surface area contributed by atoms with Crippen LogP contribution in [0.1, 0.15) is 24.2 Å². The zero-order valence-electron chi connectivity index (χ0n) is 18.5. The van der Waals surface area contributed by atoms with Gasteiger partial charge < -0.3 is 10.4 Å². The summed E-state index contributed by atoms with van der Waals surface area (Å²) in [6.07, 6.45) is -1.79. The monoisotopic (exact) mass is 524 g/mol. The summed E-state index contributed by atoms with van der Waals surface area (Å²) in [5.74, 6) is -1.44. The molecule has 1 atom stereocenters. The molecule has 13 heteroatoms. The molecule has 3 aromatic rings. The zero-order valence-corrected chi connectivity index (χ0v) is 19.4. The first-order chi connectivity index (χ1) is 17.0. The van der Waals surface area contributed by atoms with Crippen LogP contribution in [0, 0.1) is 5.82 Å². The standard InChI is InChI=1S/C23H20F4N4O4S/c24-15-4-6-17(7-5-15)36(34,35)31-9-1-2-19(31)22(33)30-12-16-10-18(20(32)13-28-16)14-3-8-21(29-11-14)23(25,26)27/h3-8,10-11,13,19,32H,1-2,9,12H2,(H,30,33)/t19-/m0/s1. The maximum absolute atomic E-state index is 13.2. The van der Waals surface area contributed by atoms with Crippen LogP contribution in [0.15, 0.2) is 59.8 Å². The number of carbonyl (C=O) groups is 1. The number of sulfonamides is 1. The Bertz CT molecular complexity index is 1360. The van der Waals surface area contributed by atoms with E-state index in [-0.39, 0.29) is 47.0 Å². The second-order valence-electron chi connectivity index (χ2n) is 8.07. The van der Waals surface area contributed by atoms with Gasteiger partial charge in [-0.05, 0) is 49.2 Å². The van der Waals surface area contributed by atoms with E-state index in [9.17, 15) is 35.9 Å². The third-order valence-corrected chi connectivity index (χ3v) is 7.60. The molecule has 2 N–H and O–H groups in total. The van der Waals surface area contributed by atoms with Gasteiger partial charge in [-0.15, -0.1) is 0 Å². The molecule has 8 nitrogen and oxygen atoms in total. The molecule has 1 aromatic carbocycles. The van der Waals surface area contributed by atoms with E-state index in [1.54, 1.807) is 0 Å². The summed E-state index contributed by atoms with van der Waals surface area (Å²) < 4.78 is 78.5. The van der Waals surface area contributed by atoms with Gasteiger partial charge in [-0.1, -0.05) is 6.07 Å². The van der Waals surface area contributed by atoms with Gasteiger partial charge in [-0.25, -0.2) is 12.8 Å². The number of hydrogen-bond donors (Lipinski definition) is 2. The normalized spacial score (nSPS) is 16.7. The van der Waals surface area contributed by atoms with Crippen molar-refractivity contribution in [2.75, 3.05) is 6.54 Å². The number of benzene rings is 1. The molecule has 0 bridgehead atoms.